The Balaban J connectivity index is 2.78. The normalized spacial score (nSPS) is 10.8. The smallest absolute Gasteiger partial charge is 0.252 e. The molecular formula is C14H21FN2O2. The van der Waals surface area contributed by atoms with E-state index in [4.69, 9.17) is 10.5 Å². The first-order chi connectivity index (χ1) is 9.04. The van der Waals surface area contributed by atoms with Gasteiger partial charge in [0.15, 0.2) is 0 Å². The lowest BCUT2D eigenvalue weighted by Gasteiger charge is -2.23. The van der Waals surface area contributed by atoms with Crippen LogP contribution < -0.4 is 10.6 Å². The second-order valence-corrected chi connectivity index (χ2v) is 4.53. The Kier molecular flexibility index (Phi) is 6.45. The lowest BCUT2D eigenvalue weighted by atomic mass is 10.2. The highest BCUT2D eigenvalue weighted by Gasteiger charge is 2.16. The van der Waals surface area contributed by atoms with Crippen LogP contribution in [-0.2, 0) is 9.53 Å². The first kappa shape index (κ1) is 15.6. The Labute approximate surface area is 113 Å². The van der Waals surface area contributed by atoms with Gasteiger partial charge in [0, 0.05) is 12.2 Å². The summed E-state index contributed by atoms with van der Waals surface area (Å²) in [4.78, 5) is 13.6. The van der Waals surface area contributed by atoms with E-state index in [1.807, 2.05) is 13.8 Å². The third-order valence-corrected chi connectivity index (χ3v) is 2.55. The van der Waals surface area contributed by atoms with Crippen molar-refractivity contribution in [2.45, 2.75) is 26.4 Å². The molecule has 0 fully saturated rings. The molecule has 0 radical (unpaired) electrons. The molecule has 1 aromatic carbocycles. The topological polar surface area (TPSA) is 55.6 Å². The Morgan fingerprint density at radius 1 is 1.47 bits per heavy atom. The molecule has 0 saturated carbocycles. The summed E-state index contributed by atoms with van der Waals surface area (Å²) in [6.07, 6.45) is 0.636. The van der Waals surface area contributed by atoms with Crippen LogP contribution in [0.4, 0.5) is 10.1 Å². The van der Waals surface area contributed by atoms with Crippen molar-refractivity contribution in [1.82, 2.24) is 0 Å². The summed E-state index contributed by atoms with van der Waals surface area (Å²) in [5, 5.41) is 0. The van der Waals surface area contributed by atoms with E-state index in [2.05, 4.69) is 0 Å². The highest BCUT2D eigenvalue weighted by atomic mass is 19.1. The summed E-state index contributed by atoms with van der Waals surface area (Å²) in [5.41, 5.74) is 6.00. The lowest BCUT2D eigenvalue weighted by molar-refractivity contribution is -0.124. The molecule has 1 rings (SSSR count). The largest absolute Gasteiger partial charge is 0.369 e. The summed E-state index contributed by atoms with van der Waals surface area (Å²) < 4.78 is 18.5. The number of ether oxygens (including phenoxy) is 1. The van der Waals surface area contributed by atoms with Gasteiger partial charge in [0.25, 0.3) is 5.91 Å². The maximum absolute atomic E-state index is 13.2. The number of rotatable bonds is 7. The fraction of sp³-hybridized carbons (Fsp3) is 0.500. The number of benzene rings is 1. The highest BCUT2D eigenvalue weighted by Crippen LogP contribution is 2.16. The minimum Gasteiger partial charge on any atom is -0.369 e. The zero-order chi connectivity index (χ0) is 14.3. The van der Waals surface area contributed by atoms with Crippen LogP contribution in [0.15, 0.2) is 24.3 Å². The zero-order valence-electron chi connectivity index (χ0n) is 11.4. The predicted octanol–water partition coefficient (Wildman–Crippen LogP) is 1.93. The number of nitrogens with two attached hydrogens (primary N) is 1. The predicted molar refractivity (Wildman–Crippen MR) is 73.5 cm³/mol. The van der Waals surface area contributed by atoms with Gasteiger partial charge in [-0.1, -0.05) is 6.07 Å². The fourth-order valence-electron chi connectivity index (χ4n) is 1.61. The van der Waals surface area contributed by atoms with Crippen molar-refractivity contribution < 1.29 is 13.9 Å². The summed E-state index contributed by atoms with van der Waals surface area (Å²) in [6.45, 7) is 4.64. The minimum atomic E-state index is -0.368. The van der Waals surface area contributed by atoms with E-state index in [1.165, 1.54) is 17.0 Å². The van der Waals surface area contributed by atoms with E-state index >= 15 is 0 Å². The molecular weight excluding hydrogens is 247 g/mol. The van der Waals surface area contributed by atoms with E-state index < -0.39 is 0 Å². The lowest BCUT2D eigenvalue weighted by Crippen LogP contribution is -2.36. The van der Waals surface area contributed by atoms with Gasteiger partial charge in [-0.3, -0.25) is 4.79 Å². The molecule has 0 aliphatic rings. The number of hydrogen-bond acceptors (Lipinski definition) is 3. The molecule has 4 nitrogen and oxygen atoms in total. The summed E-state index contributed by atoms with van der Waals surface area (Å²) in [7, 11) is 0. The number of carbonyl (C=O) groups excluding carboxylic acids is 1. The Hall–Kier alpha value is -1.46. The fourth-order valence-corrected chi connectivity index (χ4v) is 1.61. The van der Waals surface area contributed by atoms with Crippen molar-refractivity contribution in [2.24, 2.45) is 5.73 Å². The van der Waals surface area contributed by atoms with Gasteiger partial charge >= 0.3 is 0 Å². The first-order valence-electron chi connectivity index (χ1n) is 6.42. The van der Waals surface area contributed by atoms with Gasteiger partial charge in [-0.25, -0.2) is 4.39 Å². The van der Waals surface area contributed by atoms with Gasteiger partial charge in [0.2, 0.25) is 0 Å². The van der Waals surface area contributed by atoms with Crippen molar-refractivity contribution in [3.63, 3.8) is 0 Å². The molecule has 0 aromatic heterocycles. The quantitative estimate of drug-likeness (QED) is 0.822. The number of carbonyl (C=O) groups is 1. The molecule has 0 heterocycles. The van der Waals surface area contributed by atoms with E-state index in [0.717, 1.165) is 0 Å². The van der Waals surface area contributed by atoms with E-state index in [9.17, 15) is 9.18 Å². The Bertz CT molecular complexity index is 410. The maximum Gasteiger partial charge on any atom is 0.252 e. The van der Waals surface area contributed by atoms with Crippen LogP contribution in [0.1, 0.15) is 20.3 Å². The van der Waals surface area contributed by atoms with Gasteiger partial charge in [0.05, 0.1) is 6.10 Å². The number of nitrogens with zero attached hydrogens (tertiary/aromatic N) is 1. The second kappa shape index (κ2) is 7.86. The minimum absolute atomic E-state index is 0.0151. The van der Waals surface area contributed by atoms with Gasteiger partial charge in [-0.05, 0) is 45.0 Å². The van der Waals surface area contributed by atoms with Crippen LogP contribution >= 0.6 is 0 Å². The molecule has 0 aliphatic carbocycles. The van der Waals surface area contributed by atoms with E-state index in [1.54, 1.807) is 12.1 Å². The van der Waals surface area contributed by atoms with Crippen molar-refractivity contribution >= 4 is 11.6 Å². The molecule has 19 heavy (non-hydrogen) atoms. The van der Waals surface area contributed by atoms with Crippen LogP contribution in [-0.4, -0.2) is 31.7 Å². The third kappa shape index (κ3) is 5.36. The Morgan fingerprint density at radius 2 is 2.21 bits per heavy atom. The molecule has 0 spiro atoms. The molecule has 2 N–H and O–H groups in total. The molecule has 0 aliphatic heterocycles. The number of amides is 1. The molecule has 0 bridgehead atoms. The van der Waals surface area contributed by atoms with Crippen molar-refractivity contribution in [1.29, 1.82) is 0 Å². The van der Waals surface area contributed by atoms with Gasteiger partial charge in [-0.2, -0.15) is 0 Å². The highest BCUT2D eigenvalue weighted by molar-refractivity contribution is 5.94. The summed E-state index contributed by atoms with van der Waals surface area (Å²) in [5.74, 6) is -0.555. The first-order valence-corrected chi connectivity index (χ1v) is 6.42. The average molecular weight is 268 g/mol. The monoisotopic (exact) mass is 268 g/mol. The molecule has 0 atom stereocenters. The zero-order valence-corrected chi connectivity index (χ0v) is 11.4. The number of hydrogen-bond donors (Lipinski definition) is 1. The number of halogens is 1. The molecule has 5 heteroatoms. The second-order valence-electron chi connectivity index (χ2n) is 4.53. The van der Waals surface area contributed by atoms with E-state index in [0.29, 0.717) is 25.2 Å². The van der Waals surface area contributed by atoms with Gasteiger partial charge < -0.3 is 15.4 Å². The standard InChI is InChI=1S/C14H21FN2O2/c1-11(2)19-10-14(18)17(8-4-7-16)13-6-3-5-12(15)9-13/h3,5-6,9,11H,4,7-8,10,16H2,1-2H3. The van der Waals surface area contributed by atoms with Gasteiger partial charge in [-0.15, -0.1) is 0 Å². The van der Waals surface area contributed by atoms with Crippen LogP contribution in [0.3, 0.4) is 0 Å². The molecule has 106 valence electrons. The molecule has 0 unspecified atom stereocenters. The van der Waals surface area contributed by atoms with Crippen LogP contribution in [0.25, 0.3) is 0 Å². The van der Waals surface area contributed by atoms with Crippen LogP contribution in [0.2, 0.25) is 0 Å². The van der Waals surface area contributed by atoms with Crippen molar-refractivity contribution in [3.05, 3.63) is 30.1 Å². The number of anilines is 1. The molecule has 1 amide bonds. The summed E-state index contributed by atoms with van der Waals surface area (Å²) in [6, 6.07) is 5.97. The van der Waals surface area contributed by atoms with E-state index in [-0.39, 0.29) is 24.4 Å². The molecule has 1 aromatic rings. The SMILES string of the molecule is CC(C)OCC(=O)N(CCCN)c1cccc(F)c1. The van der Waals surface area contributed by atoms with Crippen molar-refractivity contribution in [2.75, 3.05) is 24.6 Å². The van der Waals surface area contributed by atoms with Crippen LogP contribution in [0, 0.1) is 5.82 Å². The Morgan fingerprint density at radius 3 is 2.79 bits per heavy atom. The van der Waals surface area contributed by atoms with Gasteiger partial charge in [0.1, 0.15) is 12.4 Å². The maximum atomic E-state index is 13.2. The van der Waals surface area contributed by atoms with Crippen LogP contribution in [0.5, 0.6) is 0 Å². The average Bonchev–Trinajstić information content (AvgIpc) is 2.37. The summed E-state index contributed by atoms with van der Waals surface area (Å²) >= 11 is 0. The molecule has 0 saturated heterocycles. The van der Waals surface area contributed by atoms with Crippen molar-refractivity contribution in [3.8, 4) is 0 Å². The third-order valence-electron chi connectivity index (χ3n) is 2.55.